The van der Waals surface area contributed by atoms with E-state index in [2.05, 4.69) is 36.0 Å². The topological polar surface area (TPSA) is 206 Å². The van der Waals surface area contributed by atoms with Crippen molar-refractivity contribution in [1.82, 2.24) is 38.7 Å². The molecule has 0 bridgehead atoms. The first kappa shape index (κ1) is 35.3. The number of methoxy groups -OCH3 is 2. The Morgan fingerprint density at radius 3 is 1.60 bits per heavy atom. The van der Waals surface area contributed by atoms with Crippen molar-refractivity contribution in [3.05, 3.63) is 145 Å². The molecule has 268 valence electrons. The number of aromatic nitrogens is 8. The average molecular weight is 729 g/mol. The van der Waals surface area contributed by atoms with E-state index in [0.717, 1.165) is 22.3 Å². The van der Waals surface area contributed by atoms with Gasteiger partial charge in [0.05, 0.1) is 60.5 Å². The lowest BCUT2D eigenvalue weighted by atomic mass is 10.0. The van der Waals surface area contributed by atoms with E-state index in [0.29, 0.717) is 56.6 Å². The van der Waals surface area contributed by atoms with Crippen LogP contribution in [0.2, 0.25) is 0 Å². The highest BCUT2D eigenvalue weighted by molar-refractivity contribution is 5.92. The van der Waals surface area contributed by atoms with Crippen LogP contribution in [0.25, 0.3) is 56.3 Å². The molecule has 0 saturated heterocycles. The summed E-state index contributed by atoms with van der Waals surface area (Å²) in [4.78, 5) is 60.8. The molecule has 2 N–H and O–H groups in total. The summed E-state index contributed by atoms with van der Waals surface area (Å²) in [5.74, 6) is -1.45. The summed E-state index contributed by atoms with van der Waals surface area (Å²) >= 11 is 0. The second-order valence-corrected chi connectivity index (χ2v) is 11.7. The number of nitrogens with two attached hydrogens (primary N) is 1. The highest BCUT2D eigenvalue weighted by atomic mass is 16.5. The molecule has 0 aromatic carbocycles. The molecule has 1 amide bonds. The molecule has 0 atom stereocenters. The van der Waals surface area contributed by atoms with E-state index in [1.807, 2.05) is 48.7 Å². The zero-order valence-electron chi connectivity index (χ0n) is 29.2. The summed E-state index contributed by atoms with van der Waals surface area (Å²) in [7, 11) is 2.65. The van der Waals surface area contributed by atoms with Gasteiger partial charge in [-0.05, 0) is 60.7 Å². The summed E-state index contributed by atoms with van der Waals surface area (Å²) in [6.07, 6.45) is 12.9. The van der Waals surface area contributed by atoms with E-state index in [1.54, 1.807) is 57.7 Å². The molecule has 0 radical (unpaired) electrons. The second-order valence-electron chi connectivity index (χ2n) is 11.7. The molecule has 0 aliphatic heterocycles. The van der Waals surface area contributed by atoms with Crippen LogP contribution in [-0.4, -0.2) is 70.8 Å². The Labute approximate surface area is 312 Å². The number of fused-ring (bicyclic) bond motifs is 2. The van der Waals surface area contributed by atoms with Crippen molar-refractivity contribution in [3.63, 3.8) is 0 Å². The first-order valence-electron chi connectivity index (χ1n) is 16.4. The number of amides is 1. The van der Waals surface area contributed by atoms with Crippen molar-refractivity contribution < 1.29 is 23.9 Å². The van der Waals surface area contributed by atoms with E-state index in [4.69, 9.17) is 15.2 Å². The Kier molecular flexibility index (Phi) is 9.78. The maximum atomic E-state index is 11.6. The largest absolute Gasteiger partial charge is 0.465 e. The quantitative estimate of drug-likeness (QED) is 0.203. The van der Waals surface area contributed by atoms with E-state index >= 15 is 0 Å². The summed E-state index contributed by atoms with van der Waals surface area (Å²) in [5, 5.41) is 9.24. The van der Waals surface area contributed by atoms with Gasteiger partial charge in [-0.1, -0.05) is 12.1 Å². The third-order valence-electron chi connectivity index (χ3n) is 8.47. The van der Waals surface area contributed by atoms with Crippen molar-refractivity contribution in [2.45, 2.75) is 0 Å². The zero-order chi connectivity index (χ0) is 38.5. The van der Waals surface area contributed by atoms with Crippen LogP contribution in [0.3, 0.4) is 0 Å². The number of carbonyl (C=O) groups excluding carboxylic acids is 3. The molecule has 0 aliphatic rings. The molecular formula is C40H28N10O5. The highest BCUT2D eigenvalue weighted by Crippen LogP contribution is 2.31. The Morgan fingerprint density at radius 2 is 1.13 bits per heavy atom. The standard InChI is InChI=1S/C20H15N5O3.C20H13N5O2/c1-28-20(27)12-4-6-15(23-9-12)18-14(3-2-8-22-18)13-5-7-17-24-10-16(19(21)26)25(17)11-13;1-27-20(26)13-4-6-17(23-10-13)19-16(3-2-8-22-19)14-5-7-18-24-11-15(9-21)25(18)12-14/h2-11H,1H3,(H2,21,26);2-8,10-12H,1H3. The third kappa shape index (κ3) is 7.06. The fourth-order valence-electron chi connectivity index (χ4n) is 5.77. The van der Waals surface area contributed by atoms with E-state index in [-0.39, 0.29) is 0 Å². The number of esters is 2. The van der Waals surface area contributed by atoms with Crippen molar-refractivity contribution in [2.24, 2.45) is 5.73 Å². The normalized spacial score (nSPS) is 10.6. The monoisotopic (exact) mass is 728 g/mol. The van der Waals surface area contributed by atoms with Gasteiger partial charge in [0, 0.05) is 59.4 Å². The Balaban J connectivity index is 0.000000169. The Morgan fingerprint density at radius 1 is 0.618 bits per heavy atom. The molecule has 8 heterocycles. The molecule has 15 nitrogen and oxygen atoms in total. The maximum absolute atomic E-state index is 11.6. The number of rotatable bonds is 7. The number of carbonyl (C=O) groups is 3. The van der Waals surface area contributed by atoms with Crippen LogP contribution >= 0.6 is 0 Å². The predicted octanol–water partition coefficient (Wildman–Crippen LogP) is 5.46. The zero-order valence-corrected chi connectivity index (χ0v) is 29.2. The first-order chi connectivity index (χ1) is 26.8. The maximum Gasteiger partial charge on any atom is 0.339 e. The van der Waals surface area contributed by atoms with Crippen LogP contribution in [0.1, 0.15) is 36.9 Å². The lowest BCUT2D eigenvalue weighted by Crippen LogP contribution is -2.13. The van der Waals surface area contributed by atoms with Crippen molar-refractivity contribution in [3.8, 4) is 51.1 Å². The number of imidazole rings is 2. The van der Waals surface area contributed by atoms with E-state index in [1.165, 1.54) is 39.0 Å². The third-order valence-corrected chi connectivity index (χ3v) is 8.47. The smallest absolute Gasteiger partial charge is 0.339 e. The molecule has 15 heteroatoms. The summed E-state index contributed by atoms with van der Waals surface area (Å²) in [5.41, 5.74) is 14.1. The van der Waals surface area contributed by atoms with Gasteiger partial charge < -0.3 is 15.2 Å². The molecule has 0 saturated carbocycles. The van der Waals surface area contributed by atoms with E-state index < -0.39 is 17.8 Å². The highest BCUT2D eigenvalue weighted by Gasteiger charge is 2.16. The van der Waals surface area contributed by atoms with Crippen molar-refractivity contribution in [2.75, 3.05) is 14.2 Å². The average Bonchev–Trinajstić information content (AvgIpc) is 3.87. The van der Waals surface area contributed by atoms with Gasteiger partial charge in [-0.2, -0.15) is 5.26 Å². The molecule has 8 aromatic heterocycles. The number of nitriles is 1. The minimum absolute atomic E-state index is 0.294. The minimum Gasteiger partial charge on any atom is -0.465 e. The van der Waals surface area contributed by atoms with Crippen LogP contribution < -0.4 is 5.73 Å². The fraction of sp³-hybridized carbons (Fsp3) is 0.0500. The molecule has 55 heavy (non-hydrogen) atoms. The Hall–Kier alpha value is -8.12. The SMILES string of the molecule is COC(=O)c1ccc(-c2ncccc2-c2ccc3ncc(C#N)n3c2)nc1.COC(=O)c1ccc(-c2ncccc2-c2ccc3ncc(C(N)=O)n3c2)nc1. The van der Waals surface area contributed by atoms with Gasteiger partial charge in [0.1, 0.15) is 28.8 Å². The number of ether oxygens (including phenoxy) is 2. The van der Waals surface area contributed by atoms with Gasteiger partial charge in [0.25, 0.3) is 5.91 Å². The van der Waals surface area contributed by atoms with Gasteiger partial charge in [0.2, 0.25) is 0 Å². The molecule has 0 spiro atoms. The van der Waals surface area contributed by atoms with Gasteiger partial charge in [0.15, 0.2) is 0 Å². The molecule has 8 rings (SSSR count). The lowest BCUT2D eigenvalue weighted by molar-refractivity contribution is 0.0591. The first-order valence-corrected chi connectivity index (χ1v) is 16.4. The molecule has 0 fully saturated rings. The van der Waals surface area contributed by atoms with Crippen molar-refractivity contribution in [1.29, 1.82) is 5.26 Å². The minimum atomic E-state index is -0.559. The molecule has 0 unspecified atom stereocenters. The summed E-state index contributed by atoms with van der Waals surface area (Å²) in [6, 6.07) is 23.8. The number of hydrogen-bond donors (Lipinski definition) is 1. The Bertz CT molecular complexity index is 2770. The van der Waals surface area contributed by atoms with Gasteiger partial charge in [-0.25, -0.2) is 19.6 Å². The molecular weight excluding hydrogens is 701 g/mol. The van der Waals surface area contributed by atoms with Gasteiger partial charge >= 0.3 is 11.9 Å². The second kappa shape index (κ2) is 15.2. The van der Waals surface area contributed by atoms with E-state index in [9.17, 15) is 19.6 Å². The van der Waals surface area contributed by atoms with Crippen LogP contribution in [0.4, 0.5) is 0 Å². The van der Waals surface area contributed by atoms with Crippen LogP contribution in [0.5, 0.6) is 0 Å². The van der Waals surface area contributed by atoms with Crippen LogP contribution in [0.15, 0.2) is 122 Å². The predicted molar refractivity (Wildman–Crippen MR) is 199 cm³/mol. The number of nitrogens with zero attached hydrogens (tertiary/aromatic N) is 9. The lowest BCUT2D eigenvalue weighted by Gasteiger charge is -2.10. The van der Waals surface area contributed by atoms with Gasteiger partial charge in [-0.3, -0.25) is 33.5 Å². The van der Waals surface area contributed by atoms with Gasteiger partial charge in [-0.15, -0.1) is 0 Å². The van der Waals surface area contributed by atoms with Crippen LogP contribution in [-0.2, 0) is 9.47 Å². The number of hydrogen-bond acceptors (Lipinski definition) is 12. The molecule has 8 aromatic rings. The molecule has 0 aliphatic carbocycles. The summed E-state index contributed by atoms with van der Waals surface area (Å²) < 4.78 is 12.8. The van der Waals surface area contributed by atoms with Crippen molar-refractivity contribution >= 4 is 29.1 Å². The number of pyridine rings is 6. The van der Waals surface area contributed by atoms with Crippen LogP contribution in [0, 0.1) is 11.3 Å². The number of primary amides is 1. The summed E-state index contributed by atoms with van der Waals surface area (Å²) in [6.45, 7) is 0. The fourth-order valence-corrected chi connectivity index (χ4v) is 5.77.